The molecular weight excluding hydrogens is 748 g/mol. The van der Waals surface area contributed by atoms with Crippen LogP contribution in [0.5, 0.6) is 0 Å². The minimum atomic E-state index is 0.817. The van der Waals surface area contributed by atoms with Gasteiger partial charge in [0, 0.05) is 43.2 Å². The van der Waals surface area contributed by atoms with Gasteiger partial charge >= 0.3 is 0 Å². The quantitative estimate of drug-likeness (QED) is 0.179. The van der Waals surface area contributed by atoms with Crippen molar-refractivity contribution >= 4 is 75.5 Å². The predicted octanol–water partition coefficient (Wildman–Crippen LogP) is 11.4. The highest BCUT2D eigenvalue weighted by atomic mass is 79.9. The lowest BCUT2D eigenvalue weighted by molar-refractivity contribution is 1.11. The van der Waals surface area contributed by atoms with Crippen LogP contribution in [-0.2, 0) is 0 Å². The molecule has 236 valence electrons. The van der Waals surface area contributed by atoms with Gasteiger partial charge in [0.15, 0.2) is 22.9 Å². The van der Waals surface area contributed by atoms with Gasteiger partial charge in [-0.2, -0.15) is 0 Å². The van der Waals surface area contributed by atoms with Gasteiger partial charge in [-0.3, -0.25) is 8.80 Å². The van der Waals surface area contributed by atoms with Crippen molar-refractivity contribution in [1.29, 1.82) is 0 Å². The molecule has 0 amide bonds. The van der Waals surface area contributed by atoms with Crippen LogP contribution in [0.3, 0.4) is 0 Å². The Morgan fingerprint density at radius 2 is 0.980 bits per heavy atom. The first-order valence-electron chi connectivity index (χ1n) is 16.2. The van der Waals surface area contributed by atoms with Gasteiger partial charge in [0.1, 0.15) is 0 Å². The van der Waals surface area contributed by atoms with Crippen LogP contribution in [0, 0.1) is 0 Å². The Hall–Kier alpha value is -5.70. The SMILES string of the molecule is Brc1ccc(-c2ccc(-c3nnc4c5ccc(-c6cc7ccc(-c8nnc9c%10ccccc%10ccn89)cc7cc6Br)cc5ccn34)cc2)cc1. The number of pyridine rings is 2. The Labute approximate surface area is 302 Å². The number of benzene rings is 6. The number of hydrogen-bond acceptors (Lipinski definition) is 4. The summed E-state index contributed by atoms with van der Waals surface area (Å²) in [4.78, 5) is 0. The maximum absolute atomic E-state index is 4.62. The van der Waals surface area contributed by atoms with Crippen LogP contribution in [0.1, 0.15) is 0 Å². The van der Waals surface area contributed by atoms with Gasteiger partial charge in [0.25, 0.3) is 0 Å². The van der Waals surface area contributed by atoms with Crippen molar-refractivity contribution < 1.29 is 0 Å². The highest BCUT2D eigenvalue weighted by Crippen LogP contribution is 2.37. The largest absolute Gasteiger partial charge is 0.282 e. The molecular formula is C42H24Br2N6. The molecule has 6 nitrogen and oxygen atoms in total. The van der Waals surface area contributed by atoms with E-state index < -0.39 is 0 Å². The first-order chi connectivity index (χ1) is 24.6. The lowest BCUT2D eigenvalue weighted by Gasteiger charge is -2.11. The van der Waals surface area contributed by atoms with Gasteiger partial charge < -0.3 is 0 Å². The van der Waals surface area contributed by atoms with E-state index in [2.05, 4.69) is 189 Å². The molecule has 8 heteroatoms. The van der Waals surface area contributed by atoms with E-state index in [9.17, 15) is 0 Å². The molecule has 0 aliphatic rings. The number of fused-ring (bicyclic) bond motifs is 7. The number of rotatable bonds is 4. The Kier molecular flexibility index (Phi) is 6.69. The molecule has 10 aromatic rings. The average molecular weight is 773 g/mol. The van der Waals surface area contributed by atoms with E-state index in [1.165, 1.54) is 5.56 Å². The van der Waals surface area contributed by atoms with Crippen molar-refractivity contribution in [3.8, 4) is 45.0 Å². The van der Waals surface area contributed by atoms with Gasteiger partial charge in [0.2, 0.25) is 0 Å². The van der Waals surface area contributed by atoms with Crippen LogP contribution in [0.2, 0.25) is 0 Å². The van der Waals surface area contributed by atoms with Crippen LogP contribution < -0.4 is 0 Å². The van der Waals surface area contributed by atoms with Crippen molar-refractivity contribution in [1.82, 2.24) is 29.2 Å². The molecule has 0 spiro atoms. The third-order valence-corrected chi connectivity index (χ3v) is 10.7. The molecule has 0 bridgehead atoms. The maximum atomic E-state index is 4.62. The molecule has 4 heterocycles. The molecule has 0 radical (unpaired) electrons. The van der Waals surface area contributed by atoms with Crippen molar-refractivity contribution in [3.63, 3.8) is 0 Å². The van der Waals surface area contributed by atoms with Crippen LogP contribution in [-0.4, -0.2) is 29.2 Å². The Balaban J connectivity index is 0.981. The van der Waals surface area contributed by atoms with Crippen molar-refractivity contribution in [2.75, 3.05) is 0 Å². The molecule has 0 saturated carbocycles. The smallest absolute Gasteiger partial charge is 0.168 e. The second-order valence-electron chi connectivity index (χ2n) is 12.4. The summed E-state index contributed by atoms with van der Waals surface area (Å²) in [5.41, 5.74) is 8.30. The summed E-state index contributed by atoms with van der Waals surface area (Å²) in [5, 5.41) is 25.0. The predicted molar refractivity (Wildman–Crippen MR) is 209 cm³/mol. The molecule has 0 unspecified atom stereocenters. The first kappa shape index (κ1) is 29.2. The molecule has 10 rings (SSSR count). The molecule has 0 aliphatic carbocycles. The summed E-state index contributed by atoms with van der Waals surface area (Å²) in [6.07, 6.45) is 4.11. The summed E-state index contributed by atoms with van der Waals surface area (Å²) < 4.78 is 6.23. The minimum Gasteiger partial charge on any atom is -0.282 e. The molecule has 4 aromatic heterocycles. The number of nitrogens with zero attached hydrogens (tertiary/aromatic N) is 6. The lowest BCUT2D eigenvalue weighted by Crippen LogP contribution is -1.91. The highest BCUT2D eigenvalue weighted by molar-refractivity contribution is 9.10. The first-order valence-corrected chi connectivity index (χ1v) is 17.8. The summed E-state index contributed by atoms with van der Waals surface area (Å²) in [6, 6.07) is 46.8. The third kappa shape index (κ3) is 4.75. The summed E-state index contributed by atoms with van der Waals surface area (Å²) in [7, 11) is 0. The van der Waals surface area contributed by atoms with E-state index in [4.69, 9.17) is 0 Å². The van der Waals surface area contributed by atoms with E-state index in [-0.39, 0.29) is 0 Å². The van der Waals surface area contributed by atoms with Crippen LogP contribution in [0.25, 0.3) is 88.6 Å². The molecule has 0 N–H and O–H groups in total. The zero-order valence-electron chi connectivity index (χ0n) is 26.3. The second-order valence-corrected chi connectivity index (χ2v) is 14.2. The monoisotopic (exact) mass is 770 g/mol. The standard InChI is InChI=1S/C42H24Br2N6/c43-34-14-11-26(12-15-34)25-5-7-28(8-6-25)39-45-48-42-36-16-13-30(21-31(36)18-20-49(39)42)37-23-29-9-10-32(22-33(29)24-38(37)44)40-46-47-41-35-4-2-1-3-27(35)17-19-50(40)41/h1-24H. The molecule has 6 aromatic carbocycles. The maximum Gasteiger partial charge on any atom is 0.168 e. The fourth-order valence-electron chi connectivity index (χ4n) is 6.94. The van der Waals surface area contributed by atoms with Crippen LogP contribution in [0.4, 0.5) is 0 Å². The Morgan fingerprint density at radius 1 is 0.400 bits per heavy atom. The molecule has 0 fully saturated rings. The topological polar surface area (TPSA) is 60.4 Å². The lowest BCUT2D eigenvalue weighted by atomic mass is 9.98. The van der Waals surface area contributed by atoms with E-state index in [1.54, 1.807) is 0 Å². The molecule has 0 atom stereocenters. The number of aromatic nitrogens is 6. The van der Waals surface area contributed by atoms with Crippen LogP contribution in [0.15, 0.2) is 155 Å². The van der Waals surface area contributed by atoms with Gasteiger partial charge in [-0.05, 0) is 98.4 Å². The molecule has 0 aliphatic heterocycles. The van der Waals surface area contributed by atoms with Crippen molar-refractivity contribution in [3.05, 3.63) is 155 Å². The van der Waals surface area contributed by atoms with E-state index in [0.717, 1.165) is 92.0 Å². The fourth-order valence-corrected chi connectivity index (χ4v) is 7.79. The second kappa shape index (κ2) is 11.4. The Morgan fingerprint density at radius 3 is 1.74 bits per heavy atom. The van der Waals surface area contributed by atoms with E-state index in [0.29, 0.717) is 0 Å². The Bertz CT molecular complexity index is 2950. The van der Waals surface area contributed by atoms with E-state index in [1.807, 2.05) is 18.3 Å². The highest BCUT2D eigenvalue weighted by Gasteiger charge is 2.15. The molecule has 0 saturated heterocycles. The normalized spacial score (nSPS) is 11.8. The minimum absolute atomic E-state index is 0.817. The third-order valence-electron chi connectivity index (χ3n) is 9.51. The average Bonchev–Trinajstić information content (AvgIpc) is 3.80. The zero-order valence-corrected chi connectivity index (χ0v) is 29.5. The summed E-state index contributed by atoms with van der Waals surface area (Å²) in [6.45, 7) is 0. The van der Waals surface area contributed by atoms with Crippen LogP contribution >= 0.6 is 31.9 Å². The van der Waals surface area contributed by atoms with Crippen molar-refractivity contribution in [2.45, 2.75) is 0 Å². The van der Waals surface area contributed by atoms with Crippen molar-refractivity contribution in [2.24, 2.45) is 0 Å². The zero-order chi connectivity index (χ0) is 33.3. The number of hydrogen-bond donors (Lipinski definition) is 0. The van der Waals surface area contributed by atoms with E-state index >= 15 is 0 Å². The van der Waals surface area contributed by atoms with Gasteiger partial charge in [0.05, 0.1) is 0 Å². The molecule has 50 heavy (non-hydrogen) atoms. The van der Waals surface area contributed by atoms with Gasteiger partial charge in [-0.1, -0.05) is 111 Å². The number of halogens is 2. The summed E-state index contributed by atoms with van der Waals surface area (Å²) >= 11 is 7.41. The fraction of sp³-hybridized carbons (Fsp3) is 0. The van der Waals surface area contributed by atoms with Gasteiger partial charge in [-0.15, -0.1) is 20.4 Å². The van der Waals surface area contributed by atoms with Gasteiger partial charge in [-0.25, -0.2) is 0 Å². The summed E-state index contributed by atoms with van der Waals surface area (Å²) in [5.74, 6) is 1.64.